The molecule has 0 aromatic carbocycles. The molecule has 8 heavy (non-hydrogen) atoms. The maximum Gasteiger partial charge on any atom is 0 e. The van der Waals surface area contributed by atoms with Gasteiger partial charge in [-0.05, 0) is 0 Å². The van der Waals surface area contributed by atoms with Gasteiger partial charge in [-0.3, -0.25) is 0 Å². The Balaban J connectivity index is -0.00000000567. The fraction of sp³-hybridized carbons (Fsp3) is 1.00. The van der Waals surface area contributed by atoms with Crippen LogP contribution in [-0.4, -0.2) is 8.41 Å². The van der Waals surface area contributed by atoms with E-state index >= 15 is 0 Å². The summed E-state index contributed by atoms with van der Waals surface area (Å²) >= 11 is 0. The summed E-state index contributed by atoms with van der Waals surface area (Å²) in [6.07, 6.45) is 1.25. The van der Waals surface area contributed by atoms with Crippen LogP contribution in [0, 0.1) is 0 Å². The smallest absolute Gasteiger partial charge is 0 e. The summed E-state index contributed by atoms with van der Waals surface area (Å²) in [5.74, 6) is 0. The third kappa shape index (κ3) is 36900. The summed E-state index contributed by atoms with van der Waals surface area (Å²) < 4.78 is 0. The monoisotopic (exact) mass is 117 g/mol. The summed E-state index contributed by atoms with van der Waals surface area (Å²) in [6.45, 7) is 8.25. The molecule has 0 aliphatic rings. The highest BCUT2D eigenvalue weighted by Crippen LogP contribution is 1.56. The van der Waals surface area contributed by atoms with Crippen LogP contribution in [0.25, 0.3) is 0 Å². The molecule has 0 fully saturated rings. The van der Waals surface area contributed by atoms with Crippen molar-refractivity contribution in [2.75, 3.05) is 0 Å². The van der Waals surface area contributed by atoms with Gasteiger partial charge in [0, 0.05) is 8.41 Å². The first-order chi connectivity index (χ1) is 2.41. The molecule has 53 valence electrons. The summed E-state index contributed by atoms with van der Waals surface area (Å²) in [5, 5.41) is 0. The molecule has 0 atom stereocenters. The molecule has 0 aliphatic heterocycles. The molecule has 0 nitrogen and oxygen atoms in total. The molecular formula is C7H22B. The molecule has 3 radical (unpaired) electrons. The average molecular weight is 117 g/mol. The van der Waals surface area contributed by atoms with Gasteiger partial charge in [-0.2, -0.15) is 0 Å². The van der Waals surface area contributed by atoms with Crippen LogP contribution < -0.4 is 0 Å². The summed E-state index contributed by atoms with van der Waals surface area (Å²) in [4.78, 5) is 0. The van der Waals surface area contributed by atoms with Gasteiger partial charge in [0.2, 0.25) is 0 Å². The number of hydrogen-bond donors (Lipinski definition) is 0. The van der Waals surface area contributed by atoms with E-state index in [0.717, 1.165) is 0 Å². The zero-order chi connectivity index (χ0) is 4.71. The zero-order valence-electron chi connectivity index (χ0n) is 5.28. The molecular weight excluding hydrogens is 94.9 g/mol. The molecule has 0 heterocycles. The molecule has 0 N–H and O–H groups in total. The van der Waals surface area contributed by atoms with Crippen LogP contribution in [0.1, 0.15) is 49.0 Å². The lowest BCUT2D eigenvalue weighted by Gasteiger charge is -1.48. The molecule has 0 amide bonds. The Morgan fingerprint density at radius 3 is 0.875 bits per heavy atom. The standard InChI is InChI=1S/C3H8.C2H6.2CH4.B/c1-3-2;1-2;;;/h3H2,1-2H3;1-2H3;2*1H4;. The highest BCUT2D eigenvalue weighted by molar-refractivity contribution is 5.75. The molecule has 0 spiro atoms. The maximum atomic E-state index is 2.12. The van der Waals surface area contributed by atoms with Crippen molar-refractivity contribution in [3.05, 3.63) is 0 Å². The van der Waals surface area contributed by atoms with E-state index in [1.807, 2.05) is 13.8 Å². The van der Waals surface area contributed by atoms with Crippen molar-refractivity contribution in [2.45, 2.75) is 49.0 Å². The van der Waals surface area contributed by atoms with Crippen LogP contribution in [0.2, 0.25) is 0 Å². The fourth-order valence-electron chi connectivity index (χ4n) is 0. The van der Waals surface area contributed by atoms with Gasteiger partial charge >= 0.3 is 0 Å². The molecule has 0 bridgehead atoms. The first kappa shape index (κ1) is 42.9. The average Bonchev–Trinajstić information content (AvgIpc) is 1.46. The molecule has 1 heteroatoms. The van der Waals surface area contributed by atoms with E-state index in [2.05, 4.69) is 13.8 Å². The summed E-state index contributed by atoms with van der Waals surface area (Å²) in [5.41, 5.74) is 0. The first-order valence-corrected chi connectivity index (χ1v) is 2.41. The zero-order valence-corrected chi connectivity index (χ0v) is 5.28. The lowest BCUT2D eigenvalue weighted by molar-refractivity contribution is 1.09. The van der Waals surface area contributed by atoms with E-state index in [-0.39, 0.29) is 23.3 Å². The van der Waals surface area contributed by atoms with Gasteiger partial charge in [0.1, 0.15) is 0 Å². The molecule has 0 saturated heterocycles. The van der Waals surface area contributed by atoms with Gasteiger partial charge in [0.15, 0.2) is 0 Å². The van der Waals surface area contributed by atoms with Gasteiger partial charge in [0.05, 0.1) is 0 Å². The molecule has 0 saturated carbocycles. The van der Waals surface area contributed by atoms with Crippen molar-refractivity contribution in [1.29, 1.82) is 0 Å². The van der Waals surface area contributed by atoms with Crippen molar-refractivity contribution in [3.8, 4) is 0 Å². The van der Waals surface area contributed by atoms with E-state index in [1.54, 1.807) is 0 Å². The Morgan fingerprint density at radius 2 is 0.875 bits per heavy atom. The van der Waals surface area contributed by atoms with E-state index < -0.39 is 0 Å². The highest BCUT2D eigenvalue weighted by atomic mass is 13.4. The van der Waals surface area contributed by atoms with Gasteiger partial charge in [0.25, 0.3) is 0 Å². The Labute approximate surface area is 58.3 Å². The van der Waals surface area contributed by atoms with Crippen LogP contribution in [-0.2, 0) is 0 Å². The minimum absolute atomic E-state index is 0. The molecule has 0 rings (SSSR count). The van der Waals surface area contributed by atoms with E-state index in [4.69, 9.17) is 0 Å². The quantitative estimate of drug-likeness (QED) is 0.427. The van der Waals surface area contributed by atoms with Gasteiger partial charge < -0.3 is 0 Å². The molecule has 0 aromatic rings. The predicted molar refractivity (Wildman–Crippen MR) is 46.5 cm³/mol. The molecule has 0 aliphatic carbocycles. The van der Waals surface area contributed by atoms with Gasteiger partial charge in [-0.1, -0.05) is 49.0 Å². The van der Waals surface area contributed by atoms with E-state index in [1.165, 1.54) is 6.42 Å². The second-order valence-electron chi connectivity index (χ2n) is 0.707. The second kappa shape index (κ2) is 229. The van der Waals surface area contributed by atoms with Crippen LogP contribution in [0.4, 0.5) is 0 Å². The second-order valence-corrected chi connectivity index (χ2v) is 0.707. The van der Waals surface area contributed by atoms with Crippen molar-refractivity contribution in [3.63, 3.8) is 0 Å². The first-order valence-electron chi connectivity index (χ1n) is 2.41. The van der Waals surface area contributed by atoms with Crippen molar-refractivity contribution in [2.24, 2.45) is 0 Å². The minimum Gasteiger partial charge on any atom is -0.0776 e. The van der Waals surface area contributed by atoms with Gasteiger partial charge in [-0.25, -0.2) is 0 Å². The lowest BCUT2D eigenvalue weighted by Crippen LogP contribution is -1.27. The third-order valence-electron chi connectivity index (χ3n) is 0. The van der Waals surface area contributed by atoms with E-state index in [9.17, 15) is 0 Å². The van der Waals surface area contributed by atoms with Crippen LogP contribution in [0.5, 0.6) is 0 Å². The van der Waals surface area contributed by atoms with Crippen LogP contribution in [0.3, 0.4) is 0 Å². The van der Waals surface area contributed by atoms with Crippen LogP contribution >= 0.6 is 0 Å². The largest absolute Gasteiger partial charge is 0.0776 e. The maximum absolute atomic E-state index is 2.12. The van der Waals surface area contributed by atoms with E-state index in [0.29, 0.717) is 0 Å². The molecule has 0 aromatic heterocycles. The third-order valence-corrected chi connectivity index (χ3v) is 0. The summed E-state index contributed by atoms with van der Waals surface area (Å²) in [6, 6.07) is 0. The normalized spacial score (nSPS) is 3.00. The Bertz CT molecular complexity index is 4.35. The Morgan fingerprint density at radius 1 is 0.875 bits per heavy atom. The molecule has 0 unspecified atom stereocenters. The topological polar surface area (TPSA) is 0 Å². The highest BCUT2D eigenvalue weighted by Gasteiger charge is 1.35. The Hall–Kier alpha value is 0.0649. The summed E-state index contributed by atoms with van der Waals surface area (Å²) in [7, 11) is 0. The fourth-order valence-corrected chi connectivity index (χ4v) is 0. The van der Waals surface area contributed by atoms with Crippen molar-refractivity contribution >= 4 is 8.41 Å². The predicted octanol–water partition coefficient (Wildman–Crippen LogP) is 3.33. The number of hydrogen-bond acceptors (Lipinski definition) is 0. The Kier molecular flexibility index (Phi) is 1230. The van der Waals surface area contributed by atoms with Gasteiger partial charge in [-0.15, -0.1) is 0 Å². The lowest BCUT2D eigenvalue weighted by atomic mass is 10.6. The number of rotatable bonds is 0. The minimum atomic E-state index is 0. The van der Waals surface area contributed by atoms with Crippen molar-refractivity contribution in [1.82, 2.24) is 0 Å². The van der Waals surface area contributed by atoms with Crippen molar-refractivity contribution < 1.29 is 0 Å². The van der Waals surface area contributed by atoms with Crippen LogP contribution in [0.15, 0.2) is 0 Å². The SMILES string of the molecule is C.C.CC.CCC.[B].